The number of carbonyl (C=O) groups excluding carboxylic acids is 1. The number of carboxylic acid groups (broad SMARTS) is 1. The number of rotatable bonds is 21. The average molecular weight is 654 g/mol. The standard InChI is InChI=1S/C40H47NO7/c1-46-36-19-15-34(16-20-36)40(33-12-8-7-9-13-33,35-17-21-37(47-2)22-18-35)48-29-32-25-30(24-31(26-32)28-43)27-41-38(39(44)45)14-10-5-3-4-6-11-23-42/h7-9,12-13,15-26,38,41,43H,3-6,10-11,14,27-29H2,1-2H3,(H,44,45). The molecule has 0 amide bonds. The number of unbranched alkanes of at least 4 members (excludes halogenated alkanes) is 5. The van der Waals surface area contributed by atoms with Crippen molar-refractivity contribution in [1.29, 1.82) is 0 Å². The SMILES string of the molecule is COc1ccc(C(OCc2cc(CO)cc(CNC(CCCCCCCC=O)C(=O)O)c2)(c2ccccc2)c2ccc(OC)cc2)cc1. The molecule has 1 atom stereocenters. The van der Waals surface area contributed by atoms with Gasteiger partial charge in [0.25, 0.3) is 0 Å². The fourth-order valence-corrected chi connectivity index (χ4v) is 6.04. The lowest BCUT2D eigenvalue weighted by atomic mass is 9.80. The van der Waals surface area contributed by atoms with Gasteiger partial charge in [0.15, 0.2) is 0 Å². The molecule has 0 bridgehead atoms. The molecule has 0 aromatic heterocycles. The van der Waals surface area contributed by atoms with Crippen LogP contribution in [0.3, 0.4) is 0 Å². The van der Waals surface area contributed by atoms with Gasteiger partial charge in [-0.15, -0.1) is 0 Å². The van der Waals surface area contributed by atoms with Crippen molar-refractivity contribution in [1.82, 2.24) is 5.32 Å². The lowest BCUT2D eigenvalue weighted by Gasteiger charge is -2.36. The number of aliphatic hydroxyl groups is 1. The van der Waals surface area contributed by atoms with Crippen LogP contribution >= 0.6 is 0 Å². The molecular weight excluding hydrogens is 606 g/mol. The molecule has 8 heteroatoms. The van der Waals surface area contributed by atoms with E-state index in [2.05, 4.69) is 5.32 Å². The number of carbonyl (C=O) groups is 2. The minimum Gasteiger partial charge on any atom is -0.497 e. The van der Waals surface area contributed by atoms with Gasteiger partial charge >= 0.3 is 5.97 Å². The first-order valence-electron chi connectivity index (χ1n) is 16.5. The van der Waals surface area contributed by atoms with Crippen LogP contribution in [0.1, 0.15) is 78.3 Å². The summed E-state index contributed by atoms with van der Waals surface area (Å²) < 4.78 is 18.0. The molecule has 4 rings (SSSR count). The normalized spacial score (nSPS) is 12.0. The van der Waals surface area contributed by atoms with Crippen LogP contribution in [0, 0.1) is 0 Å². The molecule has 0 spiro atoms. The van der Waals surface area contributed by atoms with Crippen molar-refractivity contribution in [2.45, 2.75) is 76.3 Å². The summed E-state index contributed by atoms with van der Waals surface area (Å²) in [4.78, 5) is 22.5. The molecule has 0 saturated carbocycles. The minimum atomic E-state index is -1.00. The highest BCUT2D eigenvalue weighted by Crippen LogP contribution is 2.42. The first kappa shape index (κ1) is 36.3. The largest absolute Gasteiger partial charge is 0.497 e. The van der Waals surface area contributed by atoms with Gasteiger partial charge in [-0.2, -0.15) is 0 Å². The number of aldehydes is 1. The van der Waals surface area contributed by atoms with E-state index in [9.17, 15) is 19.8 Å². The number of aliphatic hydroxyl groups excluding tert-OH is 1. The molecule has 254 valence electrons. The van der Waals surface area contributed by atoms with Crippen LogP contribution in [0.25, 0.3) is 0 Å². The first-order valence-corrected chi connectivity index (χ1v) is 16.5. The third-order valence-electron chi connectivity index (χ3n) is 8.59. The summed E-state index contributed by atoms with van der Waals surface area (Å²) in [6.45, 7) is 0.381. The Morgan fingerprint density at radius 1 is 0.750 bits per heavy atom. The highest BCUT2D eigenvalue weighted by Gasteiger charge is 2.38. The van der Waals surface area contributed by atoms with Gasteiger partial charge in [-0.3, -0.25) is 4.79 Å². The van der Waals surface area contributed by atoms with Gasteiger partial charge in [-0.05, 0) is 70.5 Å². The van der Waals surface area contributed by atoms with Gasteiger partial charge in [0, 0.05) is 13.0 Å². The second-order valence-electron chi connectivity index (χ2n) is 11.9. The molecule has 0 saturated heterocycles. The fraction of sp³-hybridized carbons (Fsp3) is 0.350. The van der Waals surface area contributed by atoms with Crippen molar-refractivity contribution in [2.24, 2.45) is 0 Å². The molecule has 4 aromatic rings. The van der Waals surface area contributed by atoms with Crippen molar-refractivity contribution in [2.75, 3.05) is 14.2 Å². The molecule has 0 fully saturated rings. The van der Waals surface area contributed by atoms with Crippen molar-refractivity contribution < 1.29 is 34.0 Å². The monoisotopic (exact) mass is 653 g/mol. The number of ether oxygens (including phenoxy) is 3. The number of benzene rings is 4. The molecule has 0 aliphatic carbocycles. The molecule has 4 aromatic carbocycles. The molecule has 0 aliphatic rings. The molecule has 0 aliphatic heterocycles. The van der Waals surface area contributed by atoms with Crippen LogP contribution in [0.4, 0.5) is 0 Å². The fourth-order valence-electron chi connectivity index (χ4n) is 6.04. The van der Waals surface area contributed by atoms with Crippen molar-refractivity contribution in [3.63, 3.8) is 0 Å². The minimum absolute atomic E-state index is 0.159. The molecule has 3 N–H and O–H groups in total. The lowest BCUT2D eigenvalue weighted by Crippen LogP contribution is -2.36. The number of hydrogen-bond donors (Lipinski definition) is 3. The molecule has 0 heterocycles. The summed E-state index contributed by atoms with van der Waals surface area (Å²) in [6.07, 6.45) is 6.60. The smallest absolute Gasteiger partial charge is 0.320 e. The Balaban J connectivity index is 1.60. The van der Waals surface area contributed by atoms with Gasteiger partial charge in [-0.1, -0.05) is 98.5 Å². The Morgan fingerprint density at radius 3 is 1.85 bits per heavy atom. The lowest BCUT2D eigenvalue weighted by molar-refractivity contribution is -0.139. The van der Waals surface area contributed by atoms with Gasteiger partial charge in [0.1, 0.15) is 29.4 Å². The Labute approximate surface area is 283 Å². The predicted molar refractivity (Wildman–Crippen MR) is 186 cm³/mol. The highest BCUT2D eigenvalue weighted by molar-refractivity contribution is 5.73. The Bertz CT molecular complexity index is 1510. The summed E-state index contributed by atoms with van der Waals surface area (Å²) in [5, 5.41) is 23.2. The quantitative estimate of drug-likeness (QED) is 0.0493. The third-order valence-corrected chi connectivity index (χ3v) is 8.59. The second-order valence-corrected chi connectivity index (χ2v) is 11.9. The van der Waals surface area contributed by atoms with E-state index in [1.807, 2.05) is 97.1 Å². The van der Waals surface area contributed by atoms with E-state index in [1.54, 1.807) is 14.2 Å². The molecule has 1 unspecified atom stereocenters. The van der Waals surface area contributed by atoms with Crippen molar-refractivity contribution in [3.8, 4) is 11.5 Å². The van der Waals surface area contributed by atoms with Gasteiger partial charge in [-0.25, -0.2) is 0 Å². The van der Waals surface area contributed by atoms with E-state index in [-0.39, 0.29) is 13.2 Å². The maximum absolute atomic E-state index is 12.0. The Kier molecular flexibility index (Phi) is 14.2. The van der Waals surface area contributed by atoms with E-state index >= 15 is 0 Å². The number of methoxy groups -OCH3 is 2. The number of hydrogen-bond acceptors (Lipinski definition) is 7. The zero-order chi connectivity index (χ0) is 34.2. The van der Waals surface area contributed by atoms with Crippen molar-refractivity contribution in [3.05, 3.63) is 130 Å². The highest BCUT2D eigenvalue weighted by atomic mass is 16.5. The van der Waals surface area contributed by atoms with E-state index in [0.717, 1.165) is 77.7 Å². The zero-order valence-electron chi connectivity index (χ0n) is 27.9. The number of nitrogens with one attached hydrogen (secondary N) is 1. The van der Waals surface area contributed by atoms with Crippen LogP contribution in [0.15, 0.2) is 97.1 Å². The van der Waals surface area contributed by atoms with Crippen LogP contribution in [0.5, 0.6) is 11.5 Å². The summed E-state index contributed by atoms with van der Waals surface area (Å²) in [5.41, 5.74) is 4.18. The van der Waals surface area contributed by atoms with Crippen LogP contribution in [-0.4, -0.2) is 42.7 Å². The maximum atomic E-state index is 12.0. The number of aliphatic carboxylic acids is 1. The van der Waals surface area contributed by atoms with Gasteiger partial charge in [0.2, 0.25) is 0 Å². The first-order chi connectivity index (χ1) is 23.4. The number of carboxylic acids is 1. The van der Waals surface area contributed by atoms with Gasteiger partial charge in [0.05, 0.1) is 27.4 Å². The third kappa shape index (κ3) is 9.76. The Morgan fingerprint density at radius 2 is 1.29 bits per heavy atom. The summed E-state index contributed by atoms with van der Waals surface area (Å²) in [7, 11) is 3.27. The predicted octanol–water partition coefficient (Wildman–Crippen LogP) is 7.18. The van der Waals surface area contributed by atoms with Crippen LogP contribution in [-0.2, 0) is 39.7 Å². The van der Waals surface area contributed by atoms with Crippen molar-refractivity contribution >= 4 is 12.3 Å². The summed E-state index contributed by atoms with van der Waals surface area (Å²) >= 11 is 0. The van der Waals surface area contributed by atoms with Crippen LogP contribution in [0.2, 0.25) is 0 Å². The van der Waals surface area contributed by atoms with Gasteiger partial charge < -0.3 is 34.5 Å². The van der Waals surface area contributed by atoms with E-state index < -0.39 is 17.6 Å². The van der Waals surface area contributed by atoms with E-state index in [0.29, 0.717) is 24.9 Å². The Hall–Kier alpha value is -4.50. The summed E-state index contributed by atoms with van der Waals surface area (Å²) in [5.74, 6) is 0.583. The summed E-state index contributed by atoms with van der Waals surface area (Å²) in [6, 6.07) is 30.9. The molecule has 8 nitrogen and oxygen atoms in total. The molecule has 0 radical (unpaired) electrons. The second kappa shape index (κ2) is 18.7. The zero-order valence-corrected chi connectivity index (χ0v) is 27.9. The molecule has 48 heavy (non-hydrogen) atoms. The average Bonchev–Trinajstić information content (AvgIpc) is 3.13. The van der Waals surface area contributed by atoms with E-state index in [4.69, 9.17) is 14.2 Å². The maximum Gasteiger partial charge on any atom is 0.320 e. The van der Waals surface area contributed by atoms with E-state index in [1.165, 1.54) is 0 Å². The van der Waals surface area contributed by atoms with Crippen LogP contribution < -0.4 is 14.8 Å². The molecular formula is C40H47NO7. The topological polar surface area (TPSA) is 114 Å².